The van der Waals surface area contributed by atoms with Crippen molar-refractivity contribution in [3.8, 4) is 0 Å². The van der Waals surface area contributed by atoms with Gasteiger partial charge in [-0.15, -0.1) is 0 Å². The highest BCUT2D eigenvalue weighted by Crippen LogP contribution is 2.22. The number of rotatable bonds is 8. The molecule has 0 radical (unpaired) electrons. The highest BCUT2D eigenvalue weighted by atomic mass is 32.2. The molecule has 0 spiro atoms. The Hall–Kier alpha value is -0.740. The predicted molar refractivity (Wildman–Crippen MR) is 92.0 cm³/mol. The molecule has 1 heterocycles. The Balaban J connectivity index is 3.07. The standard InChI is InChI=1S/C16H29N3S/c1-7-14(11-20-6)19(5)16-9-13(10-17-4)8-15(18-16)12(2)3/h8-9,12,14,17H,7,10-11H2,1-6H3. The van der Waals surface area contributed by atoms with E-state index in [0.717, 1.165) is 24.5 Å². The SMILES string of the molecule is CCC(CSC)N(C)c1cc(CNC)cc(C(C)C)n1. The fourth-order valence-corrected chi connectivity index (χ4v) is 3.10. The van der Waals surface area contributed by atoms with Gasteiger partial charge < -0.3 is 10.2 Å². The highest BCUT2D eigenvalue weighted by Gasteiger charge is 2.16. The van der Waals surface area contributed by atoms with Gasteiger partial charge in [-0.3, -0.25) is 0 Å². The average Bonchev–Trinajstić information content (AvgIpc) is 2.44. The summed E-state index contributed by atoms with van der Waals surface area (Å²) in [4.78, 5) is 7.19. The molecule has 3 nitrogen and oxygen atoms in total. The zero-order valence-electron chi connectivity index (χ0n) is 13.7. The molecule has 20 heavy (non-hydrogen) atoms. The molecule has 0 saturated heterocycles. The number of pyridine rings is 1. The number of nitrogens with one attached hydrogen (secondary N) is 1. The zero-order valence-corrected chi connectivity index (χ0v) is 14.5. The van der Waals surface area contributed by atoms with E-state index in [2.05, 4.69) is 56.4 Å². The van der Waals surface area contributed by atoms with E-state index in [1.54, 1.807) is 0 Å². The van der Waals surface area contributed by atoms with Crippen molar-refractivity contribution in [2.24, 2.45) is 0 Å². The molecule has 1 atom stereocenters. The fourth-order valence-electron chi connectivity index (χ4n) is 2.26. The molecule has 114 valence electrons. The van der Waals surface area contributed by atoms with Gasteiger partial charge >= 0.3 is 0 Å². The molecule has 0 aliphatic rings. The second-order valence-corrected chi connectivity index (χ2v) is 6.48. The van der Waals surface area contributed by atoms with Gasteiger partial charge in [-0.2, -0.15) is 11.8 Å². The van der Waals surface area contributed by atoms with Crippen molar-refractivity contribution in [3.63, 3.8) is 0 Å². The zero-order chi connectivity index (χ0) is 15.1. The molecule has 0 fully saturated rings. The number of anilines is 1. The van der Waals surface area contributed by atoms with Gasteiger partial charge in [-0.25, -0.2) is 4.98 Å². The van der Waals surface area contributed by atoms with Gasteiger partial charge in [0, 0.05) is 31.1 Å². The molecule has 1 aromatic rings. The van der Waals surface area contributed by atoms with Crippen LogP contribution in [0.15, 0.2) is 12.1 Å². The minimum atomic E-state index is 0.458. The Labute approximate surface area is 128 Å². The van der Waals surface area contributed by atoms with Gasteiger partial charge in [0.1, 0.15) is 5.82 Å². The average molecular weight is 295 g/mol. The van der Waals surface area contributed by atoms with Gasteiger partial charge in [0.2, 0.25) is 0 Å². The molecule has 4 heteroatoms. The molecule has 0 bridgehead atoms. The molecule has 0 aromatic carbocycles. The predicted octanol–water partition coefficient (Wildman–Crippen LogP) is 3.50. The highest BCUT2D eigenvalue weighted by molar-refractivity contribution is 7.98. The smallest absolute Gasteiger partial charge is 0.129 e. The van der Waals surface area contributed by atoms with Crippen LogP contribution in [0, 0.1) is 0 Å². The van der Waals surface area contributed by atoms with Crippen LogP contribution in [0.4, 0.5) is 5.82 Å². The monoisotopic (exact) mass is 295 g/mol. The summed E-state index contributed by atoms with van der Waals surface area (Å²) in [5, 5.41) is 3.23. The molecule has 1 unspecified atom stereocenters. The van der Waals surface area contributed by atoms with Crippen LogP contribution in [0.25, 0.3) is 0 Å². The molecular formula is C16H29N3S. The maximum absolute atomic E-state index is 4.86. The maximum atomic E-state index is 4.86. The third kappa shape index (κ3) is 4.67. The second kappa shape index (κ2) is 8.53. The molecule has 0 saturated carbocycles. The summed E-state index contributed by atoms with van der Waals surface area (Å²) < 4.78 is 0. The van der Waals surface area contributed by atoms with Crippen LogP contribution < -0.4 is 10.2 Å². The van der Waals surface area contributed by atoms with Crippen LogP contribution in [0.5, 0.6) is 0 Å². The number of aromatic nitrogens is 1. The number of hydrogen-bond acceptors (Lipinski definition) is 4. The van der Waals surface area contributed by atoms with E-state index >= 15 is 0 Å². The lowest BCUT2D eigenvalue weighted by Gasteiger charge is -2.29. The van der Waals surface area contributed by atoms with E-state index < -0.39 is 0 Å². The fraction of sp³-hybridized carbons (Fsp3) is 0.688. The van der Waals surface area contributed by atoms with Crippen molar-refractivity contribution in [3.05, 3.63) is 23.4 Å². The Morgan fingerprint density at radius 2 is 2.05 bits per heavy atom. The summed E-state index contributed by atoms with van der Waals surface area (Å²) in [6.45, 7) is 7.55. The van der Waals surface area contributed by atoms with Crippen molar-refractivity contribution < 1.29 is 0 Å². The normalized spacial score (nSPS) is 12.8. The Bertz CT molecular complexity index is 407. The molecule has 0 aliphatic heterocycles. The Morgan fingerprint density at radius 3 is 2.55 bits per heavy atom. The minimum Gasteiger partial charge on any atom is -0.356 e. The van der Waals surface area contributed by atoms with Crippen molar-refractivity contribution in [2.75, 3.05) is 31.0 Å². The number of hydrogen-bond donors (Lipinski definition) is 1. The molecule has 0 amide bonds. The Morgan fingerprint density at radius 1 is 1.35 bits per heavy atom. The van der Waals surface area contributed by atoms with Gasteiger partial charge in [0.25, 0.3) is 0 Å². The number of nitrogens with zero attached hydrogens (tertiary/aromatic N) is 2. The first kappa shape index (κ1) is 17.3. The topological polar surface area (TPSA) is 28.2 Å². The summed E-state index contributed by atoms with van der Waals surface area (Å²) in [5.74, 6) is 2.70. The van der Waals surface area contributed by atoms with Crippen molar-refractivity contribution >= 4 is 17.6 Å². The van der Waals surface area contributed by atoms with Crippen LogP contribution in [0.3, 0.4) is 0 Å². The van der Waals surface area contributed by atoms with E-state index in [4.69, 9.17) is 4.98 Å². The van der Waals surface area contributed by atoms with Crippen LogP contribution >= 0.6 is 11.8 Å². The van der Waals surface area contributed by atoms with Crippen molar-refractivity contribution in [2.45, 2.75) is 45.7 Å². The first-order chi connectivity index (χ1) is 9.53. The van der Waals surface area contributed by atoms with Gasteiger partial charge in [-0.1, -0.05) is 20.8 Å². The summed E-state index contributed by atoms with van der Waals surface area (Å²) >= 11 is 1.90. The molecule has 1 rings (SSSR count). The molecule has 1 aromatic heterocycles. The lowest BCUT2D eigenvalue weighted by atomic mass is 10.1. The third-order valence-corrected chi connectivity index (χ3v) is 4.32. The maximum Gasteiger partial charge on any atom is 0.129 e. The summed E-state index contributed by atoms with van der Waals surface area (Å²) in [6, 6.07) is 4.97. The molecule has 1 N–H and O–H groups in total. The summed E-state index contributed by atoms with van der Waals surface area (Å²) in [7, 11) is 4.15. The van der Waals surface area contributed by atoms with Crippen molar-refractivity contribution in [1.29, 1.82) is 0 Å². The van der Waals surface area contributed by atoms with Crippen LogP contribution in [0.2, 0.25) is 0 Å². The summed E-state index contributed by atoms with van der Waals surface area (Å²) in [5.41, 5.74) is 2.49. The lowest BCUT2D eigenvalue weighted by Crippen LogP contribution is -2.34. The van der Waals surface area contributed by atoms with E-state index in [0.29, 0.717) is 12.0 Å². The lowest BCUT2D eigenvalue weighted by molar-refractivity contribution is 0.660. The van der Waals surface area contributed by atoms with E-state index in [1.165, 1.54) is 11.3 Å². The minimum absolute atomic E-state index is 0.458. The second-order valence-electron chi connectivity index (χ2n) is 5.57. The van der Waals surface area contributed by atoms with E-state index in [9.17, 15) is 0 Å². The van der Waals surface area contributed by atoms with Crippen LogP contribution in [-0.4, -0.2) is 37.1 Å². The molecule has 0 aliphatic carbocycles. The first-order valence-electron chi connectivity index (χ1n) is 7.40. The van der Waals surface area contributed by atoms with Crippen LogP contribution in [0.1, 0.15) is 44.4 Å². The summed E-state index contributed by atoms with van der Waals surface area (Å²) in [6.07, 6.45) is 3.31. The Kier molecular flexibility index (Phi) is 7.38. The first-order valence-corrected chi connectivity index (χ1v) is 8.80. The largest absolute Gasteiger partial charge is 0.356 e. The third-order valence-electron chi connectivity index (χ3n) is 3.60. The van der Waals surface area contributed by atoms with Gasteiger partial charge in [0.05, 0.1) is 0 Å². The molecular weight excluding hydrogens is 266 g/mol. The van der Waals surface area contributed by atoms with Gasteiger partial charge in [-0.05, 0) is 43.3 Å². The van der Waals surface area contributed by atoms with Gasteiger partial charge in [0.15, 0.2) is 0 Å². The van der Waals surface area contributed by atoms with E-state index in [-0.39, 0.29) is 0 Å². The van der Waals surface area contributed by atoms with Crippen LogP contribution in [-0.2, 0) is 6.54 Å². The quantitative estimate of drug-likeness (QED) is 0.794. The van der Waals surface area contributed by atoms with Crippen molar-refractivity contribution in [1.82, 2.24) is 10.3 Å². The van der Waals surface area contributed by atoms with E-state index in [1.807, 2.05) is 18.8 Å². The number of thioether (sulfide) groups is 1.